The summed E-state index contributed by atoms with van der Waals surface area (Å²) in [5, 5.41) is 19.7. The van der Waals surface area contributed by atoms with E-state index in [1.165, 1.54) is 36.0 Å². The number of benzene rings is 4. The lowest BCUT2D eigenvalue weighted by Crippen LogP contribution is -2.30. The van der Waals surface area contributed by atoms with Crippen LogP contribution in [0.25, 0.3) is 6.08 Å². The van der Waals surface area contributed by atoms with Gasteiger partial charge in [-0.25, -0.2) is 0 Å². The van der Waals surface area contributed by atoms with E-state index in [0.717, 1.165) is 21.7 Å². The van der Waals surface area contributed by atoms with Crippen molar-refractivity contribution in [1.82, 2.24) is 5.32 Å². The molecule has 4 aromatic rings. The summed E-state index contributed by atoms with van der Waals surface area (Å²) in [7, 11) is 0. The highest BCUT2D eigenvalue weighted by atomic mass is 32.2. The van der Waals surface area contributed by atoms with E-state index < -0.39 is 16.7 Å². The van der Waals surface area contributed by atoms with Crippen molar-refractivity contribution >= 4 is 52.6 Å². The van der Waals surface area contributed by atoms with Crippen molar-refractivity contribution < 1.29 is 19.3 Å². The maximum atomic E-state index is 13.3. The molecule has 0 saturated carbocycles. The first-order valence-corrected chi connectivity index (χ1v) is 13.9. The second kappa shape index (κ2) is 13.9. The fraction of sp³-hybridized carbons (Fsp3) is 0.0938. The fourth-order valence-corrected chi connectivity index (χ4v) is 4.80. The summed E-state index contributed by atoms with van der Waals surface area (Å²) in [5.74, 6) is -1.14. The van der Waals surface area contributed by atoms with Crippen LogP contribution < -0.4 is 16.0 Å². The van der Waals surface area contributed by atoms with Gasteiger partial charge in [-0.05, 0) is 85.6 Å². The highest BCUT2D eigenvalue weighted by Gasteiger charge is 2.18. The number of rotatable bonds is 10. The Kier molecular flexibility index (Phi) is 9.85. The van der Waals surface area contributed by atoms with Gasteiger partial charge >= 0.3 is 0 Å². The van der Waals surface area contributed by atoms with Gasteiger partial charge < -0.3 is 16.0 Å². The summed E-state index contributed by atoms with van der Waals surface area (Å²) in [6, 6.07) is 27.0. The molecule has 0 radical (unpaired) electrons. The molecule has 0 aliphatic heterocycles. The van der Waals surface area contributed by atoms with Crippen LogP contribution in [0.2, 0.25) is 0 Å². The van der Waals surface area contributed by atoms with Crippen molar-refractivity contribution in [3.8, 4) is 0 Å². The minimum atomic E-state index is -0.661. The number of para-hydroxylation sites is 1. The SMILES string of the molecule is Cc1cc(C)cc(NC(=O)CSc2ccc(NC(=O)/C(=C/c3ccccc3[N+](=O)[O-])NC(=O)c3ccccc3)cc2)c1. The third-order valence-electron chi connectivity index (χ3n) is 5.95. The molecular formula is C32H28N4O5S. The number of carbonyl (C=O) groups is 3. The molecule has 3 N–H and O–H groups in total. The van der Waals surface area contributed by atoms with Gasteiger partial charge in [0.25, 0.3) is 17.5 Å². The van der Waals surface area contributed by atoms with Gasteiger partial charge in [-0.2, -0.15) is 0 Å². The zero-order valence-electron chi connectivity index (χ0n) is 22.9. The van der Waals surface area contributed by atoms with Crippen molar-refractivity contribution in [1.29, 1.82) is 0 Å². The summed E-state index contributed by atoms with van der Waals surface area (Å²) in [6.07, 6.45) is 1.27. The van der Waals surface area contributed by atoms with Crippen LogP contribution in [0, 0.1) is 24.0 Å². The molecule has 0 heterocycles. The predicted octanol–water partition coefficient (Wildman–Crippen LogP) is 6.35. The van der Waals surface area contributed by atoms with Gasteiger partial charge in [0.1, 0.15) is 5.70 Å². The lowest BCUT2D eigenvalue weighted by atomic mass is 10.1. The molecular weight excluding hydrogens is 552 g/mol. The number of nitro groups is 1. The predicted molar refractivity (Wildman–Crippen MR) is 165 cm³/mol. The molecule has 0 fully saturated rings. The van der Waals surface area contributed by atoms with Gasteiger partial charge in [-0.3, -0.25) is 24.5 Å². The van der Waals surface area contributed by atoms with Crippen LogP contribution in [-0.2, 0) is 9.59 Å². The number of nitro benzene ring substituents is 1. The quantitative estimate of drug-likeness (QED) is 0.0867. The van der Waals surface area contributed by atoms with Crippen LogP contribution in [0.1, 0.15) is 27.0 Å². The Bertz CT molecular complexity index is 1630. The summed E-state index contributed by atoms with van der Waals surface area (Å²) >= 11 is 1.35. The Balaban J connectivity index is 1.45. The van der Waals surface area contributed by atoms with E-state index >= 15 is 0 Å². The molecule has 0 aliphatic rings. The Morgan fingerprint density at radius 2 is 1.45 bits per heavy atom. The first-order valence-electron chi connectivity index (χ1n) is 12.9. The average molecular weight is 581 g/mol. The molecule has 0 spiro atoms. The van der Waals surface area contributed by atoms with Crippen molar-refractivity contribution in [2.75, 3.05) is 16.4 Å². The minimum absolute atomic E-state index is 0.138. The first kappa shape index (κ1) is 29.8. The first-order chi connectivity index (χ1) is 20.2. The zero-order valence-corrected chi connectivity index (χ0v) is 23.7. The topological polar surface area (TPSA) is 130 Å². The second-order valence-electron chi connectivity index (χ2n) is 9.39. The van der Waals surface area contributed by atoms with Crippen LogP contribution in [0.3, 0.4) is 0 Å². The summed E-state index contributed by atoms with van der Waals surface area (Å²) < 4.78 is 0. The van der Waals surface area contributed by atoms with Crippen molar-refractivity contribution in [2.24, 2.45) is 0 Å². The molecule has 0 aliphatic carbocycles. The Labute approximate surface area is 247 Å². The molecule has 42 heavy (non-hydrogen) atoms. The molecule has 0 saturated heterocycles. The Morgan fingerprint density at radius 3 is 2.12 bits per heavy atom. The van der Waals surface area contributed by atoms with E-state index in [2.05, 4.69) is 16.0 Å². The number of aryl methyl sites for hydroxylation is 2. The fourth-order valence-electron chi connectivity index (χ4n) is 4.10. The summed E-state index contributed by atoms with van der Waals surface area (Å²) in [5.41, 5.74) is 3.42. The summed E-state index contributed by atoms with van der Waals surface area (Å²) in [4.78, 5) is 50.3. The lowest BCUT2D eigenvalue weighted by Gasteiger charge is -2.12. The number of amides is 3. The smallest absolute Gasteiger partial charge is 0.276 e. The number of thioether (sulfide) groups is 1. The van der Waals surface area contributed by atoms with Gasteiger partial charge in [0.2, 0.25) is 5.91 Å². The van der Waals surface area contributed by atoms with Crippen LogP contribution in [0.5, 0.6) is 0 Å². The number of hydrogen-bond acceptors (Lipinski definition) is 6. The zero-order chi connectivity index (χ0) is 30.1. The highest BCUT2D eigenvalue weighted by molar-refractivity contribution is 8.00. The van der Waals surface area contributed by atoms with Crippen LogP contribution in [0.15, 0.2) is 108 Å². The standard InChI is InChI=1S/C32H28N4O5S/c1-21-16-22(2)18-26(17-21)33-30(37)20-42-27-14-12-25(13-15-27)34-32(39)28(35-31(38)23-8-4-3-5-9-23)19-24-10-6-7-11-29(24)36(40)41/h3-19H,20H2,1-2H3,(H,33,37)(H,34,39)(H,35,38)/b28-19-. The molecule has 212 valence electrons. The van der Waals surface area contributed by atoms with Gasteiger partial charge in [0.05, 0.1) is 16.2 Å². The average Bonchev–Trinajstić information content (AvgIpc) is 2.96. The lowest BCUT2D eigenvalue weighted by molar-refractivity contribution is -0.385. The summed E-state index contributed by atoms with van der Waals surface area (Å²) in [6.45, 7) is 3.94. The van der Waals surface area contributed by atoms with Crippen LogP contribution >= 0.6 is 11.8 Å². The van der Waals surface area contributed by atoms with Gasteiger partial charge in [0.15, 0.2) is 0 Å². The van der Waals surface area contributed by atoms with Crippen molar-refractivity contribution in [2.45, 2.75) is 18.7 Å². The molecule has 4 aromatic carbocycles. The molecule has 3 amide bonds. The number of carbonyl (C=O) groups excluding carboxylic acids is 3. The maximum absolute atomic E-state index is 13.3. The van der Waals surface area contributed by atoms with E-state index in [1.54, 1.807) is 60.7 Å². The molecule has 9 nitrogen and oxygen atoms in total. The van der Waals surface area contributed by atoms with Gasteiger partial charge in [-0.1, -0.05) is 36.4 Å². The van der Waals surface area contributed by atoms with Crippen LogP contribution in [0.4, 0.5) is 17.1 Å². The van der Waals surface area contributed by atoms with E-state index in [1.807, 2.05) is 32.0 Å². The van der Waals surface area contributed by atoms with Gasteiger partial charge in [0, 0.05) is 27.9 Å². The molecule has 0 atom stereocenters. The minimum Gasteiger partial charge on any atom is -0.325 e. The van der Waals surface area contributed by atoms with Gasteiger partial charge in [-0.15, -0.1) is 11.8 Å². The molecule has 0 bridgehead atoms. The largest absolute Gasteiger partial charge is 0.325 e. The Morgan fingerprint density at radius 1 is 0.810 bits per heavy atom. The number of nitrogens with one attached hydrogen (secondary N) is 3. The maximum Gasteiger partial charge on any atom is 0.276 e. The van der Waals surface area contributed by atoms with E-state index in [9.17, 15) is 24.5 Å². The van der Waals surface area contributed by atoms with Crippen molar-refractivity contribution in [3.63, 3.8) is 0 Å². The second-order valence-corrected chi connectivity index (χ2v) is 10.4. The van der Waals surface area contributed by atoms with E-state index in [-0.39, 0.29) is 28.6 Å². The van der Waals surface area contributed by atoms with E-state index in [4.69, 9.17) is 0 Å². The normalized spacial score (nSPS) is 11.0. The molecule has 10 heteroatoms. The number of hydrogen-bond donors (Lipinski definition) is 3. The van der Waals surface area contributed by atoms with Crippen molar-refractivity contribution in [3.05, 3.63) is 135 Å². The molecule has 0 unspecified atom stereocenters. The third-order valence-corrected chi connectivity index (χ3v) is 6.96. The molecule has 0 aromatic heterocycles. The Hall–Kier alpha value is -5.22. The van der Waals surface area contributed by atoms with Crippen LogP contribution in [-0.4, -0.2) is 28.4 Å². The molecule has 4 rings (SSSR count). The highest BCUT2D eigenvalue weighted by Crippen LogP contribution is 2.23. The third kappa shape index (κ3) is 8.39. The number of nitrogens with zero attached hydrogens (tertiary/aromatic N) is 1. The number of anilines is 2. The monoisotopic (exact) mass is 580 g/mol. The van der Waals surface area contributed by atoms with E-state index in [0.29, 0.717) is 11.3 Å².